The van der Waals surface area contributed by atoms with Crippen LogP contribution in [-0.4, -0.2) is 23.1 Å². The molecule has 1 aromatic heterocycles. The van der Waals surface area contributed by atoms with Gasteiger partial charge >= 0.3 is 6.98 Å². The lowest BCUT2D eigenvalue weighted by molar-refractivity contribution is 0.295. The van der Waals surface area contributed by atoms with Crippen molar-refractivity contribution in [3.05, 3.63) is 42.0 Å². The number of imidazole rings is 1. The third-order valence-electron chi connectivity index (χ3n) is 3.09. The SMILES string of the molecule is Cc1cc([B-](F)(F)F)ccc1OCCn1ccnc1C. The zero-order valence-corrected chi connectivity index (χ0v) is 11.3. The van der Waals surface area contributed by atoms with Crippen LogP contribution in [0.3, 0.4) is 0 Å². The molecule has 0 saturated heterocycles. The average molecular weight is 283 g/mol. The molecule has 7 heteroatoms. The van der Waals surface area contributed by atoms with Crippen molar-refractivity contribution >= 4 is 12.4 Å². The van der Waals surface area contributed by atoms with Gasteiger partial charge in [0, 0.05) is 12.4 Å². The van der Waals surface area contributed by atoms with Gasteiger partial charge in [-0.25, -0.2) is 4.98 Å². The summed E-state index contributed by atoms with van der Waals surface area (Å²) in [6.07, 6.45) is 3.53. The van der Waals surface area contributed by atoms with E-state index in [2.05, 4.69) is 4.98 Å². The fourth-order valence-corrected chi connectivity index (χ4v) is 1.93. The fourth-order valence-electron chi connectivity index (χ4n) is 1.93. The number of aryl methyl sites for hydroxylation is 2. The Morgan fingerprint density at radius 3 is 2.55 bits per heavy atom. The molecule has 0 radical (unpaired) electrons. The van der Waals surface area contributed by atoms with Crippen molar-refractivity contribution in [1.29, 1.82) is 0 Å². The number of aromatic nitrogens is 2. The molecule has 0 N–H and O–H groups in total. The van der Waals surface area contributed by atoms with Crippen LogP contribution < -0.4 is 10.2 Å². The Hall–Kier alpha value is -1.92. The quantitative estimate of drug-likeness (QED) is 0.789. The maximum absolute atomic E-state index is 12.6. The average Bonchev–Trinajstić information content (AvgIpc) is 2.76. The molecule has 2 aromatic rings. The number of hydrogen-bond acceptors (Lipinski definition) is 2. The molecular weight excluding hydrogens is 268 g/mol. The molecule has 108 valence electrons. The Bertz CT molecular complexity index is 596. The van der Waals surface area contributed by atoms with E-state index in [1.807, 2.05) is 17.7 Å². The molecule has 0 atom stereocenters. The second-order valence-electron chi connectivity index (χ2n) is 4.62. The molecule has 0 fully saturated rings. The fraction of sp³-hybridized carbons (Fsp3) is 0.308. The summed E-state index contributed by atoms with van der Waals surface area (Å²) in [5, 5.41) is 0. The summed E-state index contributed by atoms with van der Waals surface area (Å²) in [5.74, 6) is 1.35. The largest absolute Gasteiger partial charge is 0.509 e. The minimum absolute atomic E-state index is 0.383. The molecule has 0 aliphatic carbocycles. The Labute approximate surface area is 115 Å². The van der Waals surface area contributed by atoms with Gasteiger partial charge in [0.05, 0.1) is 6.54 Å². The molecule has 0 unspecified atom stereocenters. The van der Waals surface area contributed by atoms with E-state index in [0.29, 0.717) is 24.5 Å². The maximum atomic E-state index is 12.6. The smallest absolute Gasteiger partial charge is 0.491 e. The number of rotatable bonds is 5. The van der Waals surface area contributed by atoms with E-state index in [-0.39, 0.29) is 0 Å². The first-order valence-electron chi connectivity index (χ1n) is 6.29. The molecule has 0 aliphatic heterocycles. The van der Waals surface area contributed by atoms with Crippen LogP contribution in [0.15, 0.2) is 30.6 Å². The van der Waals surface area contributed by atoms with Crippen LogP contribution in [-0.2, 0) is 6.54 Å². The summed E-state index contributed by atoms with van der Waals surface area (Å²) < 4.78 is 45.2. The van der Waals surface area contributed by atoms with Gasteiger partial charge in [-0.3, -0.25) is 0 Å². The van der Waals surface area contributed by atoms with E-state index in [0.717, 1.165) is 18.0 Å². The maximum Gasteiger partial charge on any atom is 0.509 e. The van der Waals surface area contributed by atoms with E-state index >= 15 is 0 Å². The third-order valence-corrected chi connectivity index (χ3v) is 3.09. The van der Waals surface area contributed by atoms with Gasteiger partial charge < -0.3 is 22.3 Å². The van der Waals surface area contributed by atoms with Crippen molar-refractivity contribution in [2.75, 3.05) is 6.61 Å². The van der Waals surface area contributed by atoms with E-state index in [9.17, 15) is 12.9 Å². The van der Waals surface area contributed by atoms with Crippen LogP contribution in [0.4, 0.5) is 12.9 Å². The van der Waals surface area contributed by atoms with Crippen LogP contribution in [0.5, 0.6) is 5.75 Å². The second kappa shape index (κ2) is 5.60. The highest BCUT2D eigenvalue weighted by Crippen LogP contribution is 2.19. The lowest BCUT2D eigenvalue weighted by atomic mass is 9.79. The normalized spacial score (nSPS) is 11.7. The molecule has 1 heterocycles. The predicted octanol–water partition coefficient (Wildman–Crippen LogP) is 2.63. The summed E-state index contributed by atoms with van der Waals surface area (Å²) >= 11 is 0. The minimum Gasteiger partial charge on any atom is -0.491 e. The monoisotopic (exact) mass is 283 g/mol. The highest BCUT2D eigenvalue weighted by molar-refractivity contribution is 6.73. The lowest BCUT2D eigenvalue weighted by Crippen LogP contribution is -2.34. The summed E-state index contributed by atoms with van der Waals surface area (Å²) in [6.45, 7) is -0.474. The van der Waals surface area contributed by atoms with Crippen molar-refractivity contribution < 1.29 is 17.7 Å². The van der Waals surface area contributed by atoms with Crippen molar-refractivity contribution in [1.82, 2.24) is 9.55 Å². The Morgan fingerprint density at radius 2 is 2.00 bits per heavy atom. The molecule has 0 bridgehead atoms. The standard InChI is InChI=1S/C13H15BF3N2O/c1-10-9-12(14(15,16)17)3-4-13(10)20-8-7-19-6-5-18-11(19)2/h3-6,9H,7-8H2,1-2H3/q-1. The molecule has 1 aromatic carbocycles. The number of hydrogen-bond donors (Lipinski definition) is 0. The number of halogens is 3. The molecular formula is C13H15BF3N2O-. The van der Waals surface area contributed by atoms with Crippen LogP contribution in [0.2, 0.25) is 0 Å². The highest BCUT2D eigenvalue weighted by Gasteiger charge is 2.25. The molecule has 3 nitrogen and oxygen atoms in total. The third kappa shape index (κ3) is 3.34. The van der Waals surface area contributed by atoms with E-state index < -0.39 is 12.4 Å². The topological polar surface area (TPSA) is 27.1 Å². The number of nitrogens with zero attached hydrogens (tertiary/aromatic N) is 2. The summed E-state index contributed by atoms with van der Waals surface area (Å²) in [6, 6.07) is 3.56. The number of ether oxygens (including phenoxy) is 1. The van der Waals surface area contributed by atoms with Gasteiger partial charge in [0.2, 0.25) is 0 Å². The number of benzene rings is 1. The molecule has 20 heavy (non-hydrogen) atoms. The first-order valence-corrected chi connectivity index (χ1v) is 6.29. The first-order chi connectivity index (χ1) is 9.38. The van der Waals surface area contributed by atoms with Crippen LogP contribution >= 0.6 is 0 Å². The van der Waals surface area contributed by atoms with Gasteiger partial charge in [0.25, 0.3) is 0 Å². The van der Waals surface area contributed by atoms with E-state index in [1.54, 1.807) is 13.1 Å². The van der Waals surface area contributed by atoms with Gasteiger partial charge in [-0.05, 0) is 25.5 Å². The van der Waals surface area contributed by atoms with Crippen LogP contribution in [0, 0.1) is 13.8 Å². The van der Waals surface area contributed by atoms with Gasteiger partial charge in [-0.2, -0.15) is 0 Å². The molecule has 0 saturated carbocycles. The molecule has 0 amide bonds. The van der Waals surface area contributed by atoms with E-state index in [1.165, 1.54) is 6.07 Å². The zero-order chi connectivity index (χ0) is 14.8. The Balaban J connectivity index is 1.98. The van der Waals surface area contributed by atoms with Gasteiger partial charge in [-0.1, -0.05) is 12.1 Å². The van der Waals surface area contributed by atoms with Gasteiger partial charge in [0.1, 0.15) is 18.2 Å². The van der Waals surface area contributed by atoms with Crippen molar-refractivity contribution in [3.8, 4) is 5.75 Å². The molecule has 0 aliphatic rings. The summed E-state index contributed by atoms with van der Waals surface area (Å²) in [7, 11) is 0. The van der Waals surface area contributed by atoms with Gasteiger partial charge in [-0.15, -0.1) is 5.46 Å². The van der Waals surface area contributed by atoms with Crippen molar-refractivity contribution in [3.63, 3.8) is 0 Å². The zero-order valence-electron chi connectivity index (χ0n) is 11.3. The van der Waals surface area contributed by atoms with Crippen molar-refractivity contribution in [2.24, 2.45) is 0 Å². The second-order valence-corrected chi connectivity index (χ2v) is 4.62. The van der Waals surface area contributed by atoms with E-state index in [4.69, 9.17) is 4.74 Å². The summed E-state index contributed by atoms with van der Waals surface area (Å²) in [5.41, 5.74) is -0.107. The summed E-state index contributed by atoms with van der Waals surface area (Å²) in [4.78, 5) is 4.08. The first kappa shape index (κ1) is 14.5. The molecule has 2 rings (SSSR count). The predicted molar refractivity (Wildman–Crippen MR) is 72.4 cm³/mol. The van der Waals surface area contributed by atoms with Crippen LogP contribution in [0.1, 0.15) is 11.4 Å². The Kier molecular flexibility index (Phi) is 4.06. The van der Waals surface area contributed by atoms with Crippen LogP contribution in [0.25, 0.3) is 0 Å². The minimum atomic E-state index is -4.96. The van der Waals surface area contributed by atoms with Crippen molar-refractivity contribution in [2.45, 2.75) is 20.4 Å². The van der Waals surface area contributed by atoms with Gasteiger partial charge in [0.15, 0.2) is 0 Å². The lowest BCUT2D eigenvalue weighted by Gasteiger charge is -2.17. The Morgan fingerprint density at radius 1 is 1.25 bits per heavy atom. The highest BCUT2D eigenvalue weighted by atomic mass is 19.4. The molecule has 0 spiro atoms.